The Balaban J connectivity index is 0.00000288. The first-order chi connectivity index (χ1) is 10.8. The van der Waals surface area contributed by atoms with Crippen LogP contribution in [0.3, 0.4) is 0 Å². The largest absolute Gasteiger partial charge is 1.00 e. The molecule has 2 N–H and O–H groups in total. The molecule has 0 atom stereocenters. The molecule has 1 aliphatic rings. The first-order valence-electron chi connectivity index (χ1n) is 7.54. The van der Waals surface area contributed by atoms with Gasteiger partial charge in [-0.05, 0) is 25.0 Å². The van der Waals surface area contributed by atoms with Gasteiger partial charge in [-0.1, -0.05) is 31.5 Å². The van der Waals surface area contributed by atoms with Crippen LogP contribution >= 0.6 is 0 Å². The first kappa shape index (κ1) is 20.5. The van der Waals surface area contributed by atoms with Crippen LogP contribution in [0.1, 0.15) is 27.8 Å². The van der Waals surface area contributed by atoms with Crippen LogP contribution in [0.15, 0.2) is 24.3 Å². The smallest absolute Gasteiger partial charge is 1.00 e. The van der Waals surface area contributed by atoms with Gasteiger partial charge in [-0.25, -0.2) is 14.5 Å². The summed E-state index contributed by atoms with van der Waals surface area (Å²) in [4.78, 5) is 38.9. The summed E-state index contributed by atoms with van der Waals surface area (Å²) >= 11 is 0. The van der Waals surface area contributed by atoms with Crippen LogP contribution in [0, 0.1) is 12.8 Å². The van der Waals surface area contributed by atoms with Crippen molar-refractivity contribution in [1.29, 1.82) is 0 Å². The minimum absolute atomic E-state index is 0. The van der Waals surface area contributed by atoms with E-state index in [2.05, 4.69) is 10.6 Å². The van der Waals surface area contributed by atoms with E-state index >= 15 is 0 Å². The van der Waals surface area contributed by atoms with Gasteiger partial charge in [0.25, 0.3) is 0 Å². The minimum Gasteiger partial charge on any atom is -1.00 e. The summed E-state index contributed by atoms with van der Waals surface area (Å²) in [5.41, 5.74) is 1.51. The monoisotopic (exact) mass is 342 g/mol. The van der Waals surface area contributed by atoms with Gasteiger partial charge >= 0.3 is 41.6 Å². The Kier molecular flexibility index (Phi) is 7.26. The molecule has 1 aromatic rings. The van der Waals surface area contributed by atoms with Crippen molar-refractivity contribution < 1.29 is 45.4 Å². The molecule has 2 rings (SSSR count). The summed E-state index contributed by atoms with van der Waals surface area (Å²) in [7, 11) is 0. The molecular weight excluding hydrogens is 319 g/mol. The van der Waals surface area contributed by atoms with Crippen molar-refractivity contribution in [2.75, 3.05) is 11.4 Å². The van der Waals surface area contributed by atoms with E-state index in [1.807, 2.05) is 32.9 Å². The molecule has 1 saturated heterocycles. The number of nitrogens with one attached hydrogen (secondary N) is 2. The summed E-state index contributed by atoms with van der Waals surface area (Å²) < 4.78 is 0. The fourth-order valence-corrected chi connectivity index (χ4v) is 2.38. The molecule has 1 heterocycles. The molecule has 5 amide bonds. The van der Waals surface area contributed by atoms with Crippen molar-refractivity contribution in [2.45, 2.75) is 34.0 Å². The molecule has 8 heteroatoms. The zero-order valence-electron chi connectivity index (χ0n) is 15.8. The van der Waals surface area contributed by atoms with Crippen molar-refractivity contribution >= 4 is 23.7 Å². The van der Waals surface area contributed by atoms with Crippen LogP contribution in [-0.2, 0) is 4.79 Å². The second-order valence-electron chi connectivity index (χ2n) is 6.04. The molecule has 0 unspecified atom stereocenters. The Bertz CT molecular complexity index is 606. The van der Waals surface area contributed by atoms with Gasteiger partial charge in [0.1, 0.15) is 0 Å². The Morgan fingerprint density at radius 3 is 2.12 bits per heavy atom. The standard InChI is InChI=1S/C16H22N4O3.Na.H/c1-10(2)9-19(12(4)21)14-17-15(22)20(16(23)18-14)13-7-5-11(3)6-8-13;;/h5-8,10,14H,9H2,1-4H3,(H,17,22)(H,18,23);;/q;+1;-1. The summed E-state index contributed by atoms with van der Waals surface area (Å²) in [5.74, 6) is -0.00378. The molecule has 0 aliphatic carbocycles. The zero-order valence-corrected chi connectivity index (χ0v) is 16.8. The van der Waals surface area contributed by atoms with Gasteiger partial charge in [0, 0.05) is 13.5 Å². The number of nitrogens with zero attached hydrogens (tertiary/aromatic N) is 2. The predicted octanol–water partition coefficient (Wildman–Crippen LogP) is -0.861. The van der Waals surface area contributed by atoms with Gasteiger partial charge in [0.15, 0.2) is 6.29 Å². The van der Waals surface area contributed by atoms with Crippen LogP contribution in [0.2, 0.25) is 0 Å². The van der Waals surface area contributed by atoms with Crippen molar-refractivity contribution in [3.63, 3.8) is 0 Å². The van der Waals surface area contributed by atoms with Crippen molar-refractivity contribution in [3.05, 3.63) is 29.8 Å². The fraction of sp³-hybridized carbons (Fsp3) is 0.438. The third-order valence-electron chi connectivity index (χ3n) is 3.50. The normalized spacial score (nSPS) is 14.8. The molecule has 1 aromatic carbocycles. The van der Waals surface area contributed by atoms with Gasteiger partial charge in [0.2, 0.25) is 5.91 Å². The van der Waals surface area contributed by atoms with Crippen LogP contribution in [-0.4, -0.2) is 35.7 Å². The second kappa shape index (κ2) is 8.50. The van der Waals surface area contributed by atoms with Crippen LogP contribution in [0.25, 0.3) is 0 Å². The summed E-state index contributed by atoms with van der Waals surface area (Å²) in [5, 5.41) is 5.31. The first-order valence-corrected chi connectivity index (χ1v) is 7.54. The topological polar surface area (TPSA) is 81.8 Å². The number of urea groups is 2. The fourth-order valence-electron chi connectivity index (χ4n) is 2.38. The summed E-state index contributed by atoms with van der Waals surface area (Å²) in [6.45, 7) is 7.69. The van der Waals surface area contributed by atoms with Gasteiger partial charge < -0.3 is 6.33 Å². The molecule has 0 saturated carbocycles. The predicted molar refractivity (Wildman–Crippen MR) is 87.8 cm³/mol. The van der Waals surface area contributed by atoms with Crippen molar-refractivity contribution in [3.8, 4) is 0 Å². The molecule has 0 bridgehead atoms. The van der Waals surface area contributed by atoms with Crippen molar-refractivity contribution in [1.82, 2.24) is 15.5 Å². The zero-order chi connectivity index (χ0) is 17.1. The molecule has 7 nitrogen and oxygen atoms in total. The van der Waals surface area contributed by atoms with E-state index in [0.717, 1.165) is 10.5 Å². The number of aryl methyl sites for hydroxylation is 1. The molecule has 0 radical (unpaired) electrons. The number of hydrogen-bond donors (Lipinski definition) is 2. The van der Waals surface area contributed by atoms with Crippen LogP contribution < -0.4 is 45.1 Å². The number of benzene rings is 1. The molecule has 0 spiro atoms. The van der Waals surface area contributed by atoms with E-state index in [1.165, 1.54) is 11.8 Å². The minimum atomic E-state index is -0.836. The Morgan fingerprint density at radius 2 is 1.71 bits per heavy atom. The number of anilines is 1. The quantitative estimate of drug-likeness (QED) is 0.699. The SMILES string of the molecule is CC(=O)N(CC(C)C)C1NC(=O)N(c2ccc(C)cc2)C(=O)N1.[H-].[Na+]. The van der Waals surface area contributed by atoms with Crippen LogP contribution in [0.5, 0.6) is 0 Å². The maximum atomic E-state index is 12.3. The Morgan fingerprint density at radius 1 is 1.21 bits per heavy atom. The third-order valence-corrected chi connectivity index (χ3v) is 3.50. The summed E-state index contributed by atoms with van der Waals surface area (Å²) in [6, 6.07) is 5.93. The Labute approximate surface area is 165 Å². The number of carbonyl (C=O) groups is 3. The van der Waals surface area contributed by atoms with Gasteiger partial charge in [-0.15, -0.1) is 0 Å². The third kappa shape index (κ3) is 4.72. The van der Waals surface area contributed by atoms with Crippen molar-refractivity contribution in [2.24, 2.45) is 5.92 Å². The van der Waals surface area contributed by atoms with Gasteiger partial charge in [0.05, 0.1) is 5.69 Å². The Hall–Kier alpha value is -1.57. The maximum absolute atomic E-state index is 12.3. The van der Waals surface area contributed by atoms with E-state index in [1.54, 1.807) is 12.1 Å². The summed E-state index contributed by atoms with van der Waals surface area (Å²) in [6.07, 6.45) is -0.836. The van der Waals surface area contributed by atoms with E-state index < -0.39 is 18.4 Å². The number of amides is 5. The average molecular weight is 342 g/mol. The van der Waals surface area contributed by atoms with E-state index in [9.17, 15) is 14.4 Å². The number of carbonyl (C=O) groups excluding carboxylic acids is 3. The molecule has 126 valence electrons. The van der Waals surface area contributed by atoms with Crippen LogP contribution in [0.4, 0.5) is 15.3 Å². The molecule has 1 aliphatic heterocycles. The van der Waals surface area contributed by atoms with E-state index in [4.69, 9.17) is 0 Å². The second-order valence-corrected chi connectivity index (χ2v) is 6.04. The number of rotatable bonds is 4. The van der Waals surface area contributed by atoms with Gasteiger partial charge in [-0.3, -0.25) is 15.4 Å². The average Bonchev–Trinajstić information content (AvgIpc) is 2.45. The molecular formula is C16H23N4NaO3. The number of imide groups is 1. The molecule has 0 aromatic heterocycles. The molecule has 1 fully saturated rings. The van der Waals surface area contributed by atoms with E-state index in [-0.39, 0.29) is 42.8 Å². The molecule has 24 heavy (non-hydrogen) atoms. The van der Waals surface area contributed by atoms with Gasteiger partial charge in [-0.2, -0.15) is 0 Å². The van der Waals surface area contributed by atoms with E-state index in [0.29, 0.717) is 12.2 Å². The maximum Gasteiger partial charge on any atom is 1.00 e. The number of hydrogen-bond acceptors (Lipinski definition) is 3.